The number of hydrogen-bond acceptors (Lipinski definition) is 6. The molecule has 2 amide bonds. The summed E-state index contributed by atoms with van der Waals surface area (Å²) in [4.78, 5) is 22.1. The Labute approximate surface area is 104 Å². The van der Waals surface area contributed by atoms with Gasteiger partial charge in [0, 0.05) is 13.8 Å². The average molecular weight is 304 g/mol. The lowest BCUT2D eigenvalue weighted by molar-refractivity contribution is -0.132. The Bertz CT molecular complexity index is 500. The molecular formula is C6H12N2O8S2. The van der Waals surface area contributed by atoms with Gasteiger partial charge in [0.15, 0.2) is 0 Å². The first-order chi connectivity index (χ1) is 7.80. The fourth-order valence-corrected chi connectivity index (χ4v) is 3.00. The van der Waals surface area contributed by atoms with E-state index in [1.807, 2.05) is 0 Å². The van der Waals surface area contributed by atoms with Gasteiger partial charge >= 0.3 is 20.6 Å². The summed E-state index contributed by atoms with van der Waals surface area (Å²) in [5, 5.41) is 0. The number of rotatable bonds is 4. The summed E-state index contributed by atoms with van der Waals surface area (Å²) in [6, 6.07) is 0. The van der Waals surface area contributed by atoms with Crippen LogP contribution in [0.1, 0.15) is 20.8 Å². The van der Waals surface area contributed by atoms with Crippen molar-refractivity contribution in [2.75, 3.05) is 0 Å². The first kappa shape index (κ1) is 16.8. The topological polar surface area (TPSA) is 149 Å². The van der Waals surface area contributed by atoms with Crippen LogP contribution in [-0.4, -0.2) is 52.5 Å². The summed E-state index contributed by atoms with van der Waals surface area (Å²) in [5.74, 6) is -2.47. The monoisotopic (exact) mass is 304 g/mol. The van der Waals surface area contributed by atoms with Crippen LogP contribution < -0.4 is 0 Å². The summed E-state index contributed by atoms with van der Waals surface area (Å²) in [7, 11) is -10.2. The maximum atomic E-state index is 11.1. The van der Waals surface area contributed by atoms with Crippen LogP contribution in [0, 0.1) is 0 Å². The maximum absolute atomic E-state index is 11.1. The van der Waals surface area contributed by atoms with Gasteiger partial charge in [0.1, 0.15) is 6.17 Å². The van der Waals surface area contributed by atoms with E-state index < -0.39 is 38.6 Å². The summed E-state index contributed by atoms with van der Waals surface area (Å²) in [5.41, 5.74) is 0. The third-order valence-electron chi connectivity index (χ3n) is 1.80. The Kier molecular flexibility index (Phi) is 4.82. The van der Waals surface area contributed by atoms with Gasteiger partial charge in [-0.1, -0.05) is 0 Å². The van der Waals surface area contributed by atoms with Gasteiger partial charge in [-0.3, -0.25) is 18.7 Å². The lowest BCUT2D eigenvalue weighted by Crippen LogP contribution is -2.54. The first-order valence-electron chi connectivity index (χ1n) is 4.35. The Hall–Kier alpha value is -1.24. The molecule has 0 saturated carbocycles. The van der Waals surface area contributed by atoms with E-state index >= 15 is 0 Å². The van der Waals surface area contributed by atoms with Crippen LogP contribution in [0.3, 0.4) is 0 Å². The lowest BCUT2D eigenvalue weighted by atomic mass is 10.5. The van der Waals surface area contributed by atoms with Crippen molar-refractivity contribution in [2.24, 2.45) is 0 Å². The molecule has 18 heavy (non-hydrogen) atoms. The lowest BCUT2D eigenvalue weighted by Gasteiger charge is -2.31. The van der Waals surface area contributed by atoms with E-state index in [0.717, 1.165) is 20.8 Å². The van der Waals surface area contributed by atoms with Crippen molar-refractivity contribution in [3.63, 3.8) is 0 Å². The minimum Gasteiger partial charge on any atom is -0.274 e. The number of carbonyl (C=O) groups is 2. The molecule has 0 aromatic carbocycles. The van der Waals surface area contributed by atoms with E-state index in [0.29, 0.717) is 0 Å². The SMILES string of the molecule is CC(=O)N(C(C)N(C(C)=O)S(=O)(=O)O)S(=O)(=O)O. The van der Waals surface area contributed by atoms with Crippen LogP contribution in [-0.2, 0) is 30.2 Å². The third kappa shape index (κ3) is 3.90. The molecule has 0 aliphatic heterocycles. The molecule has 2 N–H and O–H groups in total. The van der Waals surface area contributed by atoms with Crippen molar-refractivity contribution in [2.45, 2.75) is 26.9 Å². The summed E-state index contributed by atoms with van der Waals surface area (Å²) in [6.07, 6.45) is -1.94. The van der Waals surface area contributed by atoms with Crippen LogP contribution >= 0.6 is 0 Å². The van der Waals surface area contributed by atoms with Gasteiger partial charge in [-0.2, -0.15) is 25.4 Å². The summed E-state index contributed by atoms with van der Waals surface area (Å²) < 4.78 is 60.7. The zero-order valence-corrected chi connectivity index (χ0v) is 11.3. The normalized spacial score (nSPS) is 12.3. The molecule has 0 unspecified atom stereocenters. The Morgan fingerprint density at radius 3 is 1.22 bits per heavy atom. The van der Waals surface area contributed by atoms with E-state index in [-0.39, 0.29) is 8.61 Å². The minimum atomic E-state index is -5.09. The third-order valence-corrected chi connectivity index (χ3v) is 3.92. The number of hydrogen-bond donors (Lipinski definition) is 2. The fourth-order valence-electron chi connectivity index (χ4n) is 1.33. The second kappa shape index (κ2) is 5.17. The molecule has 0 heterocycles. The molecule has 12 heteroatoms. The van der Waals surface area contributed by atoms with Crippen molar-refractivity contribution in [1.82, 2.24) is 8.61 Å². The second-order valence-electron chi connectivity index (χ2n) is 3.22. The molecule has 0 aromatic rings. The zero-order valence-electron chi connectivity index (χ0n) is 9.63. The highest BCUT2D eigenvalue weighted by molar-refractivity contribution is 7.84. The van der Waals surface area contributed by atoms with Crippen LogP contribution in [0.2, 0.25) is 0 Å². The van der Waals surface area contributed by atoms with Gasteiger partial charge in [-0.25, -0.2) is 0 Å². The van der Waals surface area contributed by atoms with Crippen molar-refractivity contribution in [3.8, 4) is 0 Å². The molecule has 0 spiro atoms. The Morgan fingerprint density at radius 2 is 1.11 bits per heavy atom. The molecular weight excluding hydrogens is 292 g/mol. The second-order valence-corrected chi connectivity index (χ2v) is 5.80. The van der Waals surface area contributed by atoms with Gasteiger partial charge in [-0.15, -0.1) is 0 Å². The molecule has 10 nitrogen and oxygen atoms in total. The molecule has 0 aliphatic carbocycles. The molecule has 0 radical (unpaired) electrons. The summed E-state index contributed by atoms with van der Waals surface area (Å²) in [6.45, 7) is 2.28. The smallest absolute Gasteiger partial charge is 0.274 e. The molecule has 0 saturated heterocycles. The number of carbonyl (C=O) groups excluding carboxylic acids is 2. The van der Waals surface area contributed by atoms with Crippen LogP contribution in [0.5, 0.6) is 0 Å². The maximum Gasteiger partial charge on any atom is 0.363 e. The van der Waals surface area contributed by atoms with Gasteiger partial charge in [0.2, 0.25) is 11.8 Å². The number of amides is 2. The van der Waals surface area contributed by atoms with Crippen molar-refractivity contribution >= 4 is 32.4 Å². The van der Waals surface area contributed by atoms with Crippen LogP contribution in [0.15, 0.2) is 0 Å². The predicted octanol–water partition coefficient (Wildman–Crippen LogP) is -1.36. The molecule has 0 aliphatic rings. The van der Waals surface area contributed by atoms with Crippen LogP contribution in [0.25, 0.3) is 0 Å². The highest BCUT2D eigenvalue weighted by Gasteiger charge is 2.38. The molecule has 0 bridgehead atoms. The van der Waals surface area contributed by atoms with E-state index in [4.69, 9.17) is 9.11 Å². The molecule has 106 valence electrons. The van der Waals surface area contributed by atoms with E-state index in [1.165, 1.54) is 0 Å². The molecule has 0 aromatic heterocycles. The molecule has 0 atom stereocenters. The van der Waals surface area contributed by atoms with E-state index in [1.54, 1.807) is 0 Å². The Balaban J connectivity index is 5.79. The highest BCUT2D eigenvalue weighted by Crippen LogP contribution is 2.14. The van der Waals surface area contributed by atoms with Gasteiger partial charge < -0.3 is 0 Å². The molecule has 0 rings (SSSR count). The highest BCUT2D eigenvalue weighted by atomic mass is 32.2. The average Bonchev–Trinajstić information content (AvgIpc) is 1.93. The van der Waals surface area contributed by atoms with Crippen LogP contribution in [0.4, 0.5) is 0 Å². The fraction of sp³-hybridized carbons (Fsp3) is 0.667. The first-order valence-corrected chi connectivity index (χ1v) is 7.14. The molecule has 0 fully saturated rings. The number of nitrogens with zero attached hydrogens (tertiary/aromatic N) is 2. The van der Waals surface area contributed by atoms with Gasteiger partial charge in [-0.05, 0) is 6.92 Å². The van der Waals surface area contributed by atoms with Crippen molar-refractivity contribution < 1.29 is 35.5 Å². The standard InChI is InChI=1S/C6H12N2O8S2/c1-4(7(5(2)9)17(11,12)13)8(6(3)10)18(14,15)16/h4H,1-3H3,(H,11,12,13)(H,14,15,16). The summed E-state index contributed by atoms with van der Waals surface area (Å²) >= 11 is 0. The predicted molar refractivity (Wildman–Crippen MR) is 57.6 cm³/mol. The van der Waals surface area contributed by atoms with Gasteiger partial charge in [0.05, 0.1) is 0 Å². The minimum absolute atomic E-state index is 0.262. The van der Waals surface area contributed by atoms with Gasteiger partial charge in [0.25, 0.3) is 0 Å². The zero-order chi connectivity index (χ0) is 14.9. The quantitative estimate of drug-likeness (QED) is 0.477. The van der Waals surface area contributed by atoms with E-state index in [9.17, 15) is 26.4 Å². The van der Waals surface area contributed by atoms with Crippen molar-refractivity contribution in [3.05, 3.63) is 0 Å². The largest absolute Gasteiger partial charge is 0.363 e. The van der Waals surface area contributed by atoms with E-state index in [2.05, 4.69) is 0 Å². The Morgan fingerprint density at radius 1 is 0.889 bits per heavy atom. The van der Waals surface area contributed by atoms with Crippen molar-refractivity contribution in [1.29, 1.82) is 0 Å².